The van der Waals surface area contributed by atoms with Crippen molar-refractivity contribution in [3.05, 3.63) is 28.0 Å². The summed E-state index contributed by atoms with van der Waals surface area (Å²) in [6, 6.07) is 2.46. The molecule has 0 spiro atoms. The maximum Gasteiger partial charge on any atom is 0.249 e. The summed E-state index contributed by atoms with van der Waals surface area (Å²) in [4.78, 5) is 25.8. The molecule has 0 aromatic heterocycles. The van der Waals surface area contributed by atoms with Crippen molar-refractivity contribution in [3.8, 4) is 0 Å². The number of hydrogen-bond acceptors (Lipinski definition) is 2. The Morgan fingerprint density at radius 3 is 2.81 bits per heavy atom. The number of halogens is 2. The Bertz CT molecular complexity index is 577. The molecule has 1 N–H and O–H groups in total. The number of nitrogens with one attached hydrogen (secondary N) is 1. The van der Waals surface area contributed by atoms with Crippen molar-refractivity contribution in [2.75, 3.05) is 11.4 Å². The van der Waals surface area contributed by atoms with Gasteiger partial charge in [-0.25, -0.2) is 4.39 Å². The van der Waals surface area contributed by atoms with Crippen molar-refractivity contribution >= 4 is 33.4 Å². The molecule has 0 radical (unpaired) electrons. The molecule has 1 fully saturated rings. The number of anilines is 1. The minimum atomic E-state index is -0.531. The second-order valence-corrected chi connectivity index (χ2v) is 6.06. The molecule has 1 unspecified atom stereocenters. The second-order valence-electron chi connectivity index (χ2n) is 5.20. The number of benzene rings is 1. The molecule has 1 saturated heterocycles. The average molecular weight is 357 g/mol. The Hall–Kier alpha value is -1.43. The van der Waals surface area contributed by atoms with Gasteiger partial charge in [-0.1, -0.05) is 13.3 Å². The Kier molecular flexibility index (Phi) is 4.98. The molecular formula is C15H18BrFN2O2. The summed E-state index contributed by atoms with van der Waals surface area (Å²) in [5, 5.41) is 2.74. The summed E-state index contributed by atoms with van der Waals surface area (Å²) in [6.07, 6.45) is 1.60. The predicted octanol–water partition coefficient (Wildman–Crippen LogP) is 2.92. The largest absolute Gasteiger partial charge is 0.344 e. The molecule has 114 valence electrons. The maximum absolute atomic E-state index is 13.8. The summed E-state index contributed by atoms with van der Waals surface area (Å²) < 4.78 is 14.2. The minimum absolute atomic E-state index is 0.139. The van der Waals surface area contributed by atoms with Crippen molar-refractivity contribution in [1.82, 2.24) is 5.32 Å². The van der Waals surface area contributed by atoms with E-state index in [2.05, 4.69) is 21.2 Å². The molecule has 21 heavy (non-hydrogen) atoms. The highest BCUT2D eigenvalue weighted by Gasteiger charge is 2.31. The molecule has 0 aliphatic carbocycles. The van der Waals surface area contributed by atoms with E-state index < -0.39 is 11.9 Å². The van der Waals surface area contributed by atoms with Crippen LogP contribution in [0.5, 0.6) is 0 Å². The Morgan fingerprint density at radius 2 is 2.14 bits per heavy atom. The van der Waals surface area contributed by atoms with Gasteiger partial charge in [-0.2, -0.15) is 0 Å². The van der Waals surface area contributed by atoms with Gasteiger partial charge in [0.1, 0.15) is 11.9 Å². The van der Waals surface area contributed by atoms with Gasteiger partial charge in [0.05, 0.1) is 4.47 Å². The van der Waals surface area contributed by atoms with Gasteiger partial charge in [0.15, 0.2) is 0 Å². The highest BCUT2D eigenvalue weighted by atomic mass is 79.9. The van der Waals surface area contributed by atoms with E-state index in [-0.39, 0.29) is 24.8 Å². The normalized spacial score (nSPS) is 19.4. The molecule has 1 aromatic carbocycles. The van der Waals surface area contributed by atoms with Crippen LogP contribution < -0.4 is 10.2 Å². The number of rotatable bonds is 3. The number of carbonyl (C=O) groups is 2. The fraction of sp³-hybridized carbons (Fsp3) is 0.467. The first-order chi connectivity index (χ1) is 9.93. The Morgan fingerprint density at radius 1 is 1.43 bits per heavy atom. The lowest BCUT2D eigenvalue weighted by molar-refractivity contribution is -0.125. The summed E-state index contributed by atoms with van der Waals surface area (Å²) in [6.45, 7) is 4.05. The monoisotopic (exact) mass is 356 g/mol. The lowest BCUT2D eigenvalue weighted by Gasteiger charge is -2.25. The van der Waals surface area contributed by atoms with Crippen LogP contribution in [0.3, 0.4) is 0 Å². The average Bonchev–Trinajstić information content (AvgIpc) is 2.55. The van der Waals surface area contributed by atoms with Gasteiger partial charge in [0.2, 0.25) is 11.8 Å². The van der Waals surface area contributed by atoms with Crippen molar-refractivity contribution < 1.29 is 14.0 Å². The third-order valence-corrected chi connectivity index (χ3v) is 4.18. The van der Waals surface area contributed by atoms with Crippen LogP contribution in [0.15, 0.2) is 16.6 Å². The first-order valence-electron chi connectivity index (χ1n) is 7.00. The quantitative estimate of drug-likeness (QED) is 0.904. The van der Waals surface area contributed by atoms with Crippen molar-refractivity contribution in [3.63, 3.8) is 0 Å². The van der Waals surface area contributed by atoms with E-state index in [1.165, 1.54) is 11.0 Å². The first-order valence-corrected chi connectivity index (χ1v) is 7.79. The lowest BCUT2D eigenvalue weighted by atomic mass is 10.1. The molecule has 1 atom stereocenters. The molecule has 6 heteroatoms. The van der Waals surface area contributed by atoms with Crippen LogP contribution in [0, 0.1) is 12.7 Å². The molecule has 2 amide bonds. The Balaban J connectivity index is 2.39. The number of carbonyl (C=O) groups excluding carboxylic acids is 2. The molecule has 2 rings (SSSR count). The summed E-state index contributed by atoms with van der Waals surface area (Å²) in [5.41, 5.74) is 1.32. The van der Waals surface area contributed by atoms with Crippen LogP contribution >= 0.6 is 15.9 Å². The van der Waals surface area contributed by atoms with E-state index in [1.807, 2.05) is 13.8 Å². The third kappa shape index (κ3) is 3.43. The predicted molar refractivity (Wildman–Crippen MR) is 82.6 cm³/mol. The smallest absolute Gasteiger partial charge is 0.249 e. The maximum atomic E-state index is 13.8. The van der Waals surface area contributed by atoms with E-state index in [0.29, 0.717) is 16.6 Å². The standard InChI is InChI=1S/C15H18BrFN2O2/c1-3-4-12-15(21)19(6-5-14(20)18-12)13-8-11(17)10(16)7-9(13)2/h7-8,12H,3-6H2,1-2H3,(H,18,20). The van der Waals surface area contributed by atoms with Crippen LogP contribution in [0.25, 0.3) is 0 Å². The lowest BCUT2D eigenvalue weighted by Crippen LogP contribution is -2.44. The van der Waals surface area contributed by atoms with Crippen LogP contribution in [-0.2, 0) is 9.59 Å². The van der Waals surface area contributed by atoms with E-state index in [9.17, 15) is 14.0 Å². The third-order valence-electron chi connectivity index (χ3n) is 3.57. The van der Waals surface area contributed by atoms with E-state index in [1.54, 1.807) is 6.07 Å². The SMILES string of the molecule is CCCC1NC(=O)CCN(c2cc(F)c(Br)cc2C)C1=O. The van der Waals surface area contributed by atoms with Crippen LogP contribution in [0.1, 0.15) is 31.7 Å². The first kappa shape index (κ1) is 15.9. The molecule has 1 aromatic rings. The summed E-state index contributed by atoms with van der Waals surface area (Å²) >= 11 is 3.14. The summed E-state index contributed by atoms with van der Waals surface area (Å²) in [5.74, 6) is -0.731. The van der Waals surface area contributed by atoms with Crippen LogP contribution in [0.4, 0.5) is 10.1 Å². The van der Waals surface area contributed by atoms with Crippen molar-refractivity contribution in [1.29, 1.82) is 0 Å². The highest BCUT2D eigenvalue weighted by Crippen LogP contribution is 2.28. The van der Waals surface area contributed by atoms with Gasteiger partial charge >= 0.3 is 0 Å². The van der Waals surface area contributed by atoms with Gasteiger partial charge in [0, 0.05) is 18.7 Å². The zero-order valence-electron chi connectivity index (χ0n) is 12.1. The Labute approximate surface area is 131 Å². The topological polar surface area (TPSA) is 49.4 Å². The van der Waals surface area contributed by atoms with E-state index in [4.69, 9.17) is 0 Å². The fourth-order valence-electron chi connectivity index (χ4n) is 2.49. The number of nitrogens with zero attached hydrogens (tertiary/aromatic N) is 1. The van der Waals surface area contributed by atoms with Gasteiger partial charge in [0.25, 0.3) is 0 Å². The molecular weight excluding hydrogens is 339 g/mol. The molecule has 1 aliphatic heterocycles. The van der Waals surface area contributed by atoms with Gasteiger partial charge in [-0.15, -0.1) is 0 Å². The molecule has 0 bridgehead atoms. The van der Waals surface area contributed by atoms with E-state index in [0.717, 1.165) is 12.0 Å². The number of hydrogen-bond donors (Lipinski definition) is 1. The number of aryl methyl sites for hydroxylation is 1. The van der Waals surface area contributed by atoms with E-state index >= 15 is 0 Å². The fourth-order valence-corrected chi connectivity index (χ4v) is 2.95. The van der Waals surface area contributed by atoms with Crippen molar-refractivity contribution in [2.24, 2.45) is 0 Å². The molecule has 0 saturated carbocycles. The van der Waals surface area contributed by atoms with Crippen LogP contribution in [-0.4, -0.2) is 24.4 Å². The zero-order valence-corrected chi connectivity index (χ0v) is 13.7. The molecule has 4 nitrogen and oxygen atoms in total. The zero-order chi connectivity index (χ0) is 15.6. The van der Waals surface area contributed by atoms with Gasteiger partial charge in [-0.3, -0.25) is 9.59 Å². The highest BCUT2D eigenvalue weighted by molar-refractivity contribution is 9.10. The molecule has 1 aliphatic rings. The van der Waals surface area contributed by atoms with Crippen LogP contribution in [0.2, 0.25) is 0 Å². The van der Waals surface area contributed by atoms with Gasteiger partial charge in [-0.05, 0) is 47.0 Å². The van der Waals surface area contributed by atoms with Gasteiger partial charge < -0.3 is 10.2 Å². The second kappa shape index (κ2) is 6.56. The molecule has 1 heterocycles. The van der Waals surface area contributed by atoms with Crippen molar-refractivity contribution in [2.45, 2.75) is 39.2 Å². The summed E-state index contributed by atoms with van der Waals surface area (Å²) in [7, 11) is 0. The number of amides is 2. The minimum Gasteiger partial charge on any atom is -0.344 e.